The van der Waals surface area contributed by atoms with Crippen LogP contribution in [0.3, 0.4) is 0 Å². The zero-order valence-electron chi connectivity index (χ0n) is 14.5. The van der Waals surface area contributed by atoms with Crippen LogP contribution in [0.1, 0.15) is 29.8 Å². The third-order valence-electron chi connectivity index (χ3n) is 3.53. The largest absolute Gasteiger partial charge is 0.350 e. The number of benzene rings is 2. The summed E-state index contributed by atoms with van der Waals surface area (Å²) in [7, 11) is 1.74. The van der Waals surface area contributed by atoms with Gasteiger partial charge in [0, 0.05) is 35.4 Å². The Balaban J connectivity index is 1.96. The van der Waals surface area contributed by atoms with E-state index in [9.17, 15) is 9.59 Å². The SMILES string of the molecule is CC(C)NC(=O)c1ccc(NC(=O)N(C)Cc2ccccc2Br)cc1. The van der Waals surface area contributed by atoms with E-state index in [2.05, 4.69) is 26.6 Å². The lowest BCUT2D eigenvalue weighted by molar-refractivity contribution is 0.0943. The second-order valence-electron chi connectivity index (χ2n) is 6.08. The van der Waals surface area contributed by atoms with Crippen molar-refractivity contribution in [3.05, 3.63) is 64.1 Å². The first-order valence-electron chi connectivity index (χ1n) is 8.03. The fourth-order valence-electron chi connectivity index (χ4n) is 2.22. The molecule has 132 valence electrons. The van der Waals surface area contributed by atoms with Gasteiger partial charge in [-0.2, -0.15) is 0 Å². The molecule has 0 bridgehead atoms. The van der Waals surface area contributed by atoms with Crippen LogP contribution >= 0.6 is 15.9 Å². The van der Waals surface area contributed by atoms with Gasteiger partial charge in [-0.3, -0.25) is 4.79 Å². The van der Waals surface area contributed by atoms with Gasteiger partial charge in [-0.15, -0.1) is 0 Å². The van der Waals surface area contributed by atoms with Crippen LogP contribution in [0.5, 0.6) is 0 Å². The van der Waals surface area contributed by atoms with Gasteiger partial charge in [0.25, 0.3) is 5.91 Å². The van der Waals surface area contributed by atoms with Crippen molar-refractivity contribution in [2.75, 3.05) is 12.4 Å². The van der Waals surface area contributed by atoms with E-state index in [-0.39, 0.29) is 18.0 Å². The average molecular weight is 404 g/mol. The lowest BCUT2D eigenvalue weighted by atomic mass is 10.2. The molecule has 0 aromatic heterocycles. The maximum absolute atomic E-state index is 12.3. The highest BCUT2D eigenvalue weighted by Gasteiger charge is 2.12. The molecule has 0 spiro atoms. The van der Waals surface area contributed by atoms with E-state index >= 15 is 0 Å². The first-order valence-corrected chi connectivity index (χ1v) is 8.82. The maximum Gasteiger partial charge on any atom is 0.321 e. The van der Waals surface area contributed by atoms with E-state index in [0.29, 0.717) is 17.8 Å². The van der Waals surface area contributed by atoms with Crippen molar-refractivity contribution >= 4 is 33.6 Å². The summed E-state index contributed by atoms with van der Waals surface area (Å²) in [6.45, 7) is 4.31. The number of anilines is 1. The number of amides is 3. The molecule has 2 aromatic carbocycles. The Labute approximate surface area is 156 Å². The summed E-state index contributed by atoms with van der Waals surface area (Å²) in [5.74, 6) is -0.126. The Bertz CT molecular complexity index is 745. The molecular formula is C19H22BrN3O2. The molecule has 0 saturated heterocycles. The molecular weight excluding hydrogens is 382 g/mol. The zero-order valence-corrected chi connectivity index (χ0v) is 16.1. The predicted molar refractivity (Wildman–Crippen MR) is 104 cm³/mol. The molecule has 6 heteroatoms. The van der Waals surface area contributed by atoms with E-state index in [4.69, 9.17) is 0 Å². The van der Waals surface area contributed by atoms with E-state index in [1.807, 2.05) is 38.1 Å². The molecule has 0 heterocycles. The minimum atomic E-state index is -0.213. The van der Waals surface area contributed by atoms with Crippen LogP contribution in [0.4, 0.5) is 10.5 Å². The van der Waals surface area contributed by atoms with Gasteiger partial charge < -0.3 is 15.5 Å². The second kappa shape index (κ2) is 8.67. The van der Waals surface area contributed by atoms with Crippen molar-refractivity contribution in [1.82, 2.24) is 10.2 Å². The number of rotatable bonds is 5. The van der Waals surface area contributed by atoms with Gasteiger partial charge in [0.1, 0.15) is 0 Å². The van der Waals surface area contributed by atoms with Gasteiger partial charge in [0.2, 0.25) is 0 Å². The summed E-state index contributed by atoms with van der Waals surface area (Å²) in [4.78, 5) is 25.8. The van der Waals surface area contributed by atoms with Gasteiger partial charge in [-0.1, -0.05) is 34.1 Å². The number of carbonyl (C=O) groups is 2. The van der Waals surface area contributed by atoms with Crippen LogP contribution in [0, 0.1) is 0 Å². The smallest absolute Gasteiger partial charge is 0.321 e. The molecule has 2 aromatic rings. The van der Waals surface area contributed by atoms with Crippen molar-refractivity contribution < 1.29 is 9.59 Å². The number of nitrogens with one attached hydrogen (secondary N) is 2. The van der Waals surface area contributed by atoms with E-state index < -0.39 is 0 Å². The molecule has 25 heavy (non-hydrogen) atoms. The van der Waals surface area contributed by atoms with Crippen molar-refractivity contribution in [3.8, 4) is 0 Å². The topological polar surface area (TPSA) is 61.4 Å². The second-order valence-corrected chi connectivity index (χ2v) is 6.94. The van der Waals surface area contributed by atoms with Gasteiger partial charge in [0.05, 0.1) is 0 Å². The van der Waals surface area contributed by atoms with Gasteiger partial charge in [0.15, 0.2) is 0 Å². The van der Waals surface area contributed by atoms with Crippen LogP contribution in [0.2, 0.25) is 0 Å². The highest BCUT2D eigenvalue weighted by atomic mass is 79.9. The van der Waals surface area contributed by atoms with Gasteiger partial charge in [-0.25, -0.2) is 4.79 Å². The fraction of sp³-hybridized carbons (Fsp3) is 0.263. The molecule has 0 aliphatic heterocycles. The zero-order chi connectivity index (χ0) is 18.4. The van der Waals surface area contributed by atoms with Crippen LogP contribution in [-0.4, -0.2) is 29.9 Å². The van der Waals surface area contributed by atoms with Crippen LogP contribution < -0.4 is 10.6 Å². The molecule has 5 nitrogen and oxygen atoms in total. The lowest BCUT2D eigenvalue weighted by Crippen LogP contribution is -2.31. The molecule has 0 atom stereocenters. The molecule has 0 aliphatic rings. The van der Waals surface area contributed by atoms with E-state index in [1.54, 1.807) is 36.2 Å². The molecule has 0 saturated carbocycles. The molecule has 0 aliphatic carbocycles. The normalized spacial score (nSPS) is 10.4. The number of urea groups is 1. The molecule has 3 amide bonds. The van der Waals surface area contributed by atoms with Gasteiger partial charge >= 0.3 is 6.03 Å². The minimum absolute atomic E-state index is 0.0813. The molecule has 2 N–H and O–H groups in total. The number of carbonyl (C=O) groups excluding carboxylic acids is 2. The van der Waals surface area contributed by atoms with Crippen molar-refractivity contribution in [2.24, 2.45) is 0 Å². The summed E-state index contributed by atoms with van der Waals surface area (Å²) >= 11 is 3.48. The molecule has 2 rings (SSSR count). The maximum atomic E-state index is 12.3. The standard InChI is InChI=1S/C19H22BrN3O2/c1-13(2)21-18(24)14-8-10-16(11-9-14)22-19(25)23(3)12-15-6-4-5-7-17(15)20/h4-11,13H,12H2,1-3H3,(H,21,24)(H,22,25). The molecule has 0 radical (unpaired) electrons. The van der Waals surface area contributed by atoms with Gasteiger partial charge in [-0.05, 0) is 49.7 Å². The van der Waals surface area contributed by atoms with Crippen LogP contribution in [0.15, 0.2) is 53.0 Å². The van der Waals surface area contributed by atoms with Crippen LogP contribution in [0.25, 0.3) is 0 Å². The summed E-state index contributed by atoms with van der Waals surface area (Å²) in [6.07, 6.45) is 0. The minimum Gasteiger partial charge on any atom is -0.350 e. The summed E-state index contributed by atoms with van der Waals surface area (Å²) in [5.41, 5.74) is 2.24. The summed E-state index contributed by atoms with van der Waals surface area (Å²) in [6, 6.07) is 14.5. The quantitative estimate of drug-likeness (QED) is 0.783. The number of hydrogen-bond donors (Lipinski definition) is 2. The molecule has 0 unspecified atom stereocenters. The first-order chi connectivity index (χ1) is 11.9. The highest BCUT2D eigenvalue weighted by Crippen LogP contribution is 2.18. The predicted octanol–water partition coefficient (Wildman–Crippen LogP) is 4.25. The highest BCUT2D eigenvalue weighted by molar-refractivity contribution is 9.10. The van der Waals surface area contributed by atoms with Crippen molar-refractivity contribution in [1.29, 1.82) is 0 Å². The summed E-state index contributed by atoms with van der Waals surface area (Å²) in [5, 5.41) is 5.66. The van der Waals surface area contributed by atoms with E-state index in [1.165, 1.54) is 0 Å². The van der Waals surface area contributed by atoms with Crippen molar-refractivity contribution in [3.63, 3.8) is 0 Å². The average Bonchev–Trinajstić information content (AvgIpc) is 2.56. The number of halogens is 1. The Morgan fingerprint density at radius 1 is 1.08 bits per heavy atom. The first kappa shape index (κ1) is 19.0. The fourth-order valence-corrected chi connectivity index (χ4v) is 2.63. The van der Waals surface area contributed by atoms with E-state index in [0.717, 1.165) is 10.0 Å². The van der Waals surface area contributed by atoms with Crippen molar-refractivity contribution in [2.45, 2.75) is 26.4 Å². The monoisotopic (exact) mass is 403 g/mol. The lowest BCUT2D eigenvalue weighted by Gasteiger charge is -2.19. The molecule has 0 fully saturated rings. The Hall–Kier alpha value is -2.34. The number of nitrogens with zero attached hydrogens (tertiary/aromatic N) is 1. The Kier molecular flexibility index (Phi) is 6.58. The summed E-state index contributed by atoms with van der Waals surface area (Å²) < 4.78 is 0.968. The third kappa shape index (κ3) is 5.60. The Morgan fingerprint density at radius 3 is 2.32 bits per heavy atom. The third-order valence-corrected chi connectivity index (χ3v) is 4.30. The number of hydrogen-bond acceptors (Lipinski definition) is 2. The Morgan fingerprint density at radius 2 is 1.72 bits per heavy atom. The van der Waals surface area contributed by atoms with Crippen LogP contribution in [-0.2, 0) is 6.54 Å².